The van der Waals surface area contributed by atoms with Crippen LogP contribution in [-0.4, -0.2) is 28.7 Å². The van der Waals surface area contributed by atoms with E-state index >= 15 is 0 Å². The number of quaternary nitrogens is 1. The second kappa shape index (κ2) is 5.71. The predicted octanol–water partition coefficient (Wildman–Crippen LogP) is 0.513. The summed E-state index contributed by atoms with van der Waals surface area (Å²) in [6, 6.07) is 12.3. The van der Waals surface area contributed by atoms with Crippen LogP contribution in [0.1, 0.15) is 12.5 Å². The molecule has 2 aromatic rings. The number of anilines is 2. The van der Waals surface area contributed by atoms with Gasteiger partial charge < -0.3 is 10.6 Å². The molecule has 4 atom stereocenters. The highest BCUT2D eigenvalue weighted by atomic mass is 16.6. The van der Waals surface area contributed by atoms with Crippen molar-refractivity contribution in [3.05, 3.63) is 64.2 Å². The quantitative estimate of drug-likeness (QED) is 0.437. The fraction of sp³-hybridized carbons (Fsp3) is 0.250. The maximum absolute atomic E-state index is 13.5. The molecule has 5 rings (SSSR count). The van der Waals surface area contributed by atoms with Gasteiger partial charge in [0, 0.05) is 17.7 Å². The number of non-ortho nitro benzene ring substituents is 1. The summed E-state index contributed by atoms with van der Waals surface area (Å²) in [4.78, 5) is 51.3. The molecule has 3 aliphatic heterocycles. The molecule has 2 fully saturated rings. The summed E-state index contributed by atoms with van der Waals surface area (Å²) in [5.74, 6) is -2.84. The minimum atomic E-state index is -1.22. The summed E-state index contributed by atoms with van der Waals surface area (Å²) >= 11 is 0. The molecule has 9 heteroatoms. The van der Waals surface area contributed by atoms with Crippen LogP contribution in [0.4, 0.5) is 17.1 Å². The number of imide groups is 1. The van der Waals surface area contributed by atoms with Gasteiger partial charge in [-0.25, -0.2) is 4.90 Å². The molecule has 29 heavy (non-hydrogen) atoms. The van der Waals surface area contributed by atoms with Crippen molar-refractivity contribution in [1.29, 1.82) is 0 Å². The maximum atomic E-state index is 13.5. The first-order valence-corrected chi connectivity index (χ1v) is 9.25. The van der Waals surface area contributed by atoms with E-state index in [0.717, 1.165) is 4.90 Å². The van der Waals surface area contributed by atoms with Crippen LogP contribution < -0.4 is 15.5 Å². The third-order valence-electron chi connectivity index (χ3n) is 6.23. The second-order valence-corrected chi connectivity index (χ2v) is 7.69. The number of hydrogen-bond donors (Lipinski definition) is 2. The topological polar surface area (TPSA) is 126 Å². The summed E-state index contributed by atoms with van der Waals surface area (Å²) in [5.41, 5.74) is 0.0428. The van der Waals surface area contributed by atoms with E-state index in [1.54, 1.807) is 24.3 Å². The fourth-order valence-electron chi connectivity index (χ4n) is 5.10. The molecule has 2 saturated heterocycles. The largest absolute Gasteiger partial charge is 0.326 e. The molecule has 0 unspecified atom stereocenters. The highest BCUT2D eigenvalue weighted by molar-refractivity contribution is 6.25. The Bertz CT molecular complexity index is 1120. The minimum absolute atomic E-state index is 0.151. The highest BCUT2D eigenvalue weighted by Crippen LogP contribution is 2.49. The number of nitrogens with two attached hydrogens (primary N) is 1. The number of benzene rings is 2. The van der Waals surface area contributed by atoms with E-state index in [2.05, 4.69) is 5.32 Å². The van der Waals surface area contributed by atoms with E-state index in [0.29, 0.717) is 11.3 Å². The zero-order valence-corrected chi connectivity index (χ0v) is 15.4. The first-order chi connectivity index (χ1) is 13.9. The van der Waals surface area contributed by atoms with Crippen molar-refractivity contribution in [3.8, 4) is 0 Å². The summed E-state index contributed by atoms with van der Waals surface area (Å²) in [6.07, 6.45) is 0. The Labute approximate surface area is 164 Å². The van der Waals surface area contributed by atoms with E-state index in [9.17, 15) is 24.5 Å². The molecule has 9 nitrogen and oxygen atoms in total. The molecule has 3 amide bonds. The van der Waals surface area contributed by atoms with Crippen LogP contribution in [0.15, 0.2) is 48.5 Å². The van der Waals surface area contributed by atoms with Crippen molar-refractivity contribution < 1.29 is 24.6 Å². The van der Waals surface area contributed by atoms with Crippen LogP contribution in [-0.2, 0) is 19.9 Å². The Morgan fingerprint density at radius 2 is 1.86 bits per heavy atom. The molecule has 2 aromatic carbocycles. The average molecular weight is 393 g/mol. The van der Waals surface area contributed by atoms with E-state index in [4.69, 9.17) is 0 Å². The van der Waals surface area contributed by atoms with Gasteiger partial charge in [0.25, 0.3) is 11.6 Å². The highest BCUT2D eigenvalue weighted by Gasteiger charge is 2.73. The third kappa shape index (κ3) is 2.10. The Kier molecular flexibility index (Phi) is 3.45. The van der Waals surface area contributed by atoms with Gasteiger partial charge in [-0.15, -0.1) is 0 Å². The summed E-state index contributed by atoms with van der Waals surface area (Å²) in [5, 5.41) is 15.8. The summed E-state index contributed by atoms with van der Waals surface area (Å²) in [7, 11) is 0. The zero-order chi connectivity index (χ0) is 20.5. The lowest BCUT2D eigenvalue weighted by Crippen LogP contribution is -2.98. The van der Waals surface area contributed by atoms with Gasteiger partial charge >= 0.3 is 0 Å². The number of amides is 3. The van der Waals surface area contributed by atoms with Gasteiger partial charge in [-0.05, 0) is 19.1 Å². The van der Waals surface area contributed by atoms with Gasteiger partial charge in [0.2, 0.25) is 17.4 Å². The Morgan fingerprint density at radius 3 is 2.62 bits per heavy atom. The number of nitrogens with one attached hydrogen (secondary N) is 1. The van der Waals surface area contributed by atoms with E-state index in [1.165, 1.54) is 24.3 Å². The molecule has 0 aliphatic carbocycles. The Balaban J connectivity index is 1.64. The van der Waals surface area contributed by atoms with E-state index in [1.807, 2.05) is 12.2 Å². The molecule has 0 saturated carbocycles. The maximum Gasteiger partial charge on any atom is 0.291 e. The van der Waals surface area contributed by atoms with Crippen LogP contribution in [0, 0.1) is 22.0 Å². The van der Waals surface area contributed by atoms with Crippen molar-refractivity contribution in [1.82, 2.24) is 0 Å². The Morgan fingerprint density at radius 1 is 1.10 bits per heavy atom. The standard InChI is InChI=1S/C20H16N4O5/c1-10-15-16(20(22-10)13-7-2-3-8-14(13)21-19(20)27)18(26)23(17(15)25)11-5-4-6-12(9-11)24(28)29/h2-10,15-16,22H,1H3,(H,21,27)/p+1/t10-,15-,16-,20-/m1/s1. The predicted molar refractivity (Wildman–Crippen MR) is 101 cm³/mol. The molecule has 3 aliphatic rings. The molecular formula is C20H17N4O5+. The monoisotopic (exact) mass is 393 g/mol. The molecule has 146 valence electrons. The lowest BCUT2D eigenvalue weighted by molar-refractivity contribution is -0.730. The van der Waals surface area contributed by atoms with Gasteiger partial charge in [0.05, 0.1) is 22.3 Å². The number of nitro benzene ring substituents is 1. The van der Waals surface area contributed by atoms with Crippen molar-refractivity contribution in [2.45, 2.75) is 18.5 Å². The molecule has 0 aromatic heterocycles. The zero-order valence-electron chi connectivity index (χ0n) is 15.4. The Hall–Kier alpha value is -3.59. The average Bonchev–Trinajstić information content (AvgIpc) is 3.26. The van der Waals surface area contributed by atoms with E-state index in [-0.39, 0.29) is 23.3 Å². The molecular weight excluding hydrogens is 376 g/mol. The van der Waals surface area contributed by atoms with Gasteiger partial charge in [-0.3, -0.25) is 24.5 Å². The van der Waals surface area contributed by atoms with Crippen molar-refractivity contribution in [3.63, 3.8) is 0 Å². The molecule has 0 radical (unpaired) electrons. The number of carbonyl (C=O) groups is 3. The van der Waals surface area contributed by atoms with Crippen LogP contribution in [0.5, 0.6) is 0 Å². The third-order valence-corrected chi connectivity index (χ3v) is 6.23. The molecule has 0 bridgehead atoms. The number of hydrogen-bond acceptors (Lipinski definition) is 5. The fourth-order valence-corrected chi connectivity index (χ4v) is 5.10. The number of rotatable bonds is 2. The van der Waals surface area contributed by atoms with Gasteiger partial charge in [-0.1, -0.05) is 24.3 Å². The summed E-state index contributed by atoms with van der Waals surface area (Å²) in [6.45, 7) is 1.82. The van der Waals surface area contributed by atoms with Crippen molar-refractivity contribution in [2.75, 3.05) is 10.2 Å². The first-order valence-electron chi connectivity index (χ1n) is 9.25. The van der Waals surface area contributed by atoms with Gasteiger partial charge in [0.1, 0.15) is 11.8 Å². The van der Waals surface area contributed by atoms with Gasteiger partial charge in [0.15, 0.2) is 0 Å². The normalized spacial score (nSPS) is 29.9. The van der Waals surface area contributed by atoms with Crippen LogP contribution in [0.3, 0.4) is 0 Å². The first kappa shape index (κ1) is 17.5. The molecule has 1 spiro atoms. The van der Waals surface area contributed by atoms with E-state index < -0.39 is 34.1 Å². The smallest absolute Gasteiger partial charge is 0.291 e. The van der Waals surface area contributed by atoms with Crippen LogP contribution in [0.2, 0.25) is 0 Å². The lowest BCUT2D eigenvalue weighted by Gasteiger charge is -2.25. The number of nitro groups is 1. The second-order valence-electron chi connectivity index (χ2n) is 7.69. The SMILES string of the molecule is C[C@H]1[NH2+][C@@]2(C(=O)Nc3ccccc32)[C@H]2C(=O)N(c3cccc([N+](=O)[O-])c3)C(=O)[C@H]12. The molecule has 3 heterocycles. The van der Waals surface area contributed by atoms with Crippen molar-refractivity contribution in [2.24, 2.45) is 11.8 Å². The summed E-state index contributed by atoms with van der Waals surface area (Å²) < 4.78 is 0. The number of carbonyl (C=O) groups excluding carboxylic acids is 3. The number of nitrogens with zero attached hydrogens (tertiary/aromatic N) is 2. The van der Waals surface area contributed by atoms with Crippen molar-refractivity contribution >= 4 is 34.8 Å². The van der Waals surface area contributed by atoms with Gasteiger partial charge in [-0.2, -0.15) is 0 Å². The minimum Gasteiger partial charge on any atom is -0.326 e. The van der Waals surface area contributed by atoms with Crippen LogP contribution >= 0.6 is 0 Å². The number of para-hydroxylation sites is 1. The lowest BCUT2D eigenvalue weighted by atomic mass is 9.76. The molecule has 3 N–H and O–H groups in total. The van der Waals surface area contributed by atoms with Crippen LogP contribution in [0.25, 0.3) is 0 Å². The number of fused-ring (bicyclic) bond motifs is 4.